The molecule has 0 saturated heterocycles. The maximum Gasteiger partial charge on any atom is 0.324 e. The minimum absolute atomic E-state index is 0.0870. The van der Waals surface area contributed by atoms with Crippen LogP contribution in [0.3, 0.4) is 0 Å². The molecule has 2 N–H and O–H groups in total. The molecule has 21 heavy (non-hydrogen) atoms. The van der Waals surface area contributed by atoms with Gasteiger partial charge in [0, 0.05) is 11.4 Å². The minimum atomic E-state index is -0.299. The second-order valence-corrected chi connectivity index (χ2v) is 6.16. The first-order valence-corrected chi connectivity index (χ1v) is 7.92. The van der Waals surface area contributed by atoms with Gasteiger partial charge < -0.3 is 9.73 Å². The summed E-state index contributed by atoms with van der Waals surface area (Å²) in [6, 6.07) is 0.0258. The van der Waals surface area contributed by atoms with Gasteiger partial charge in [0.25, 0.3) is 5.89 Å². The molecule has 0 unspecified atom stereocenters. The van der Waals surface area contributed by atoms with Gasteiger partial charge in [-0.15, -0.1) is 16.4 Å². The summed E-state index contributed by atoms with van der Waals surface area (Å²) in [6.07, 6.45) is 5.64. The standard InChI is InChI=1S/C13H17N5O2S/c1-8-14-10(7-21-8)11-17-18-13(20-11)16-12(19)15-9-5-3-2-4-6-9/h7,9H,2-6H2,1H3,(H2,15,16,18,19). The van der Waals surface area contributed by atoms with Crippen molar-refractivity contribution in [2.24, 2.45) is 0 Å². The zero-order valence-corrected chi connectivity index (χ0v) is 12.6. The number of aromatic nitrogens is 3. The summed E-state index contributed by atoms with van der Waals surface area (Å²) in [7, 11) is 0. The van der Waals surface area contributed by atoms with Crippen molar-refractivity contribution < 1.29 is 9.21 Å². The summed E-state index contributed by atoms with van der Waals surface area (Å²) in [4.78, 5) is 16.1. The highest BCUT2D eigenvalue weighted by atomic mass is 32.1. The third-order valence-electron chi connectivity index (χ3n) is 3.42. The second kappa shape index (κ2) is 6.21. The van der Waals surface area contributed by atoms with E-state index in [4.69, 9.17) is 4.42 Å². The molecule has 0 aliphatic heterocycles. The summed E-state index contributed by atoms with van der Waals surface area (Å²) < 4.78 is 5.39. The van der Waals surface area contributed by atoms with Crippen LogP contribution in [0.1, 0.15) is 37.1 Å². The molecular weight excluding hydrogens is 290 g/mol. The van der Waals surface area contributed by atoms with Crippen LogP contribution in [0.4, 0.5) is 10.8 Å². The number of nitrogens with one attached hydrogen (secondary N) is 2. The van der Waals surface area contributed by atoms with Crippen LogP contribution in [0.2, 0.25) is 0 Å². The molecular formula is C13H17N5O2S. The summed E-state index contributed by atoms with van der Waals surface area (Å²) >= 11 is 1.51. The van der Waals surface area contributed by atoms with Crippen molar-refractivity contribution >= 4 is 23.4 Å². The number of carbonyl (C=O) groups is 1. The Balaban J connectivity index is 1.57. The van der Waals surface area contributed by atoms with E-state index in [1.54, 1.807) is 0 Å². The number of urea groups is 1. The quantitative estimate of drug-likeness (QED) is 0.909. The fourth-order valence-electron chi connectivity index (χ4n) is 2.40. The van der Waals surface area contributed by atoms with E-state index in [0.717, 1.165) is 17.8 Å². The summed E-state index contributed by atoms with van der Waals surface area (Å²) in [6.45, 7) is 1.90. The van der Waals surface area contributed by atoms with E-state index >= 15 is 0 Å². The molecule has 1 fully saturated rings. The molecule has 1 aliphatic carbocycles. The van der Waals surface area contributed by atoms with E-state index < -0.39 is 0 Å². The molecule has 2 amide bonds. The van der Waals surface area contributed by atoms with Gasteiger partial charge in [0.05, 0.1) is 5.01 Å². The van der Waals surface area contributed by atoms with Gasteiger partial charge in [0.1, 0.15) is 5.69 Å². The lowest BCUT2D eigenvalue weighted by Gasteiger charge is -2.22. The van der Waals surface area contributed by atoms with E-state index in [1.165, 1.54) is 30.6 Å². The maximum atomic E-state index is 11.9. The SMILES string of the molecule is Cc1nc(-c2nnc(NC(=O)NC3CCCCC3)o2)cs1. The first-order chi connectivity index (χ1) is 10.2. The fourth-order valence-corrected chi connectivity index (χ4v) is 2.99. The first-order valence-electron chi connectivity index (χ1n) is 7.04. The summed E-state index contributed by atoms with van der Waals surface area (Å²) in [5.74, 6) is 0.312. The number of amides is 2. The third kappa shape index (κ3) is 3.57. The Morgan fingerprint density at radius 3 is 2.86 bits per heavy atom. The number of nitrogens with zero attached hydrogens (tertiary/aromatic N) is 3. The minimum Gasteiger partial charge on any atom is -0.401 e. The van der Waals surface area contributed by atoms with Crippen molar-refractivity contribution in [3.05, 3.63) is 10.4 Å². The summed E-state index contributed by atoms with van der Waals surface area (Å²) in [5, 5.41) is 16.0. The highest BCUT2D eigenvalue weighted by Crippen LogP contribution is 2.22. The van der Waals surface area contributed by atoms with E-state index in [0.29, 0.717) is 11.6 Å². The highest BCUT2D eigenvalue weighted by Gasteiger charge is 2.17. The number of aryl methyl sites for hydroxylation is 1. The number of carbonyl (C=O) groups excluding carboxylic acids is 1. The number of anilines is 1. The number of hydrogen-bond donors (Lipinski definition) is 2. The van der Waals surface area contributed by atoms with Crippen LogP contribution in [0.25, 0.3) is 11.6 Å². The van der Waals surface area contributed by atoms with Crippen LogP contribution in [0, 0.1) is 6.92 Å². The van der Waals surface area contributed by atoms with Gasteiger partial charge in [0.15, 0.2) is 0 Å². The van der Waals surface area contributed by atoms with Gasteiger partial charge in [0.2, 0.25) is 0 Å². The molecule has 0 bridgehead atoms. The molecule has 112 valence electrons. The predicted molar refractivity (Wildman–Crippen MR) is 79.2 cm³/mol. The van der Waals surface area contributed by atoms with Crippen LogP contribution < -0.4 is 10.6 Å². The molecule has 0 radical (unpaired) electrons. The number of hydrogen-bond acceptors (Lipinski definition) is 6. The predicted octanol–water partition coefficient (Wildman–Crippen LogP) is 2.96. The van der Waals surface area contributed by atoms with Crippen molar-refractivity contribution in [2.75, 3.05) is 5.32 Å². The van der Waals surface area contributed by atoms with E-state index in [9.17, 15) is 4.79 Å². The molecule has 2 aromatic heterocycles. The zero-order valence-electron chi connectivity index (χ0n) is 11.8. The average Bonchev–Trinajstić information content (AvgIpc) is 3.09. The first kappa shape index (κ1) is 14.0. The smallest absolute Gasteiger partial charge is 0.324 e. The maximum absolute atomic E-state index is 11.9. The van der Waals surface area contributed by atoms with Crippen molar-refractivity contribution in [3.8, 4) is 11.6 Å². The van der Waals surface area contributed by atoms with Gasteiger partial charge in [-0.1, -0.05) is 24.4 Å². The molecule has 2 heterocycles. The summed E-state index contributed by atoms with van der Waals surface area (Å²) in [5.41, 5.74) is 0.630. The van der Waals surface area contributed by atoms with Gasteiger partial charge in [-0.25, -0.2) is 9.78 Å². The van der Waals surface area contributed by atoms with Crippen LogP contribution in [-0.4, -0.2) is 27.3 Å². The Kier molecular flexibility index (Phi) is 4.14. The Morgan fingerprint density at radius 2 is 2.14 bits per heavy atom. The molecule has 0 spiro atoms. The Bertz CT molecular complexity index is 618. The van der Waals surface area contributed by atoms with Crippen molar-refractivity contribution in [3.63, 3.8) is 0 Å². The van der Waals surface area contributed by atoms with Gasteiger partial charge in [-0.05, 0) is 19.8 Å². The monoisotopic (exact) mass is 307 g/mol. The van der Waals surface area contributed by atoms with Gasteiger partial charge >= 0.3 is 12.0 Å². The van der Waals surface area contributed by atoms with Crippen molar-refractivity contribution in [2.45, 2.75) is 45.1 Å². The van der Waals surface area contributed by atoms with Crippen molar-refractivity contribution in [1.82, 2.24) is 20.5 Å². The zero-order chi connectivity index (χ0) is 14.7. The Hall–Kier alpha value is -1.96. The van der Waals surface area contributed by atoms with Gasteiger partial charge in [-0.3, -0.25) is 5.32 Å². The van der Waals surface area contributed by atoms with Gasteiger partial charge in [-0.2, -0.15) is 0 Å². The Morgan fingerprint density at radius 1 is 1.33 bits per heavy atom. The molecule has 3 rings (SSSR count). The van der Waals surface area contributed by atoms with E-state index in [2.05, 4.69) is 25.8 Å². The second-order valence-electron chi connectivity index (χ2n) is 5.10. The molecule has 7 nitrogen and oxygen atoms in total. The molecule has 0 aromatic carbocycles. The third-order valence-corrected chi connectivity index (χ3v) is 4.20. The molecule has 1 aliphatic rings. The number of rotatable bonds is 3. The molecule has 8 heteroatoms. The topological polar surface area (TPSA) is 92.9 Å². The lowest BCUT2D eigenvalue weighted by molar-refractivity contribution is 0.243. The Labute approximate surface area is 126 Å². The largest absolute Gasteiger partial charge is 0.401 e. The lowest BCUT2D eigenvalue weighted by atomic mass is 9.96. The van der Waals surface area contributed by atoms with Crippen LogP contribution >= 0.6 is 11.3 Å². The van der Waals surface area contributed by atoms with Crippen LogP contribution in [0.5, 0.6) is 0 Å². The normalized spacial score (nSPS) is 15.9. The fraction of sp³-hybridized carbons (Fsp3) is 0.538. The molecule has 1 saturated carbocycles. The average molecular weight is 307 g/mol. The van der Waals surface area contributed by atoms with E-state index in [-0.39, 0.29) is 18.1 Å². The van der Waals surface area contributed by atoms with Crippen LogP contribution in [-0.2, 0) is 0 Å². The highest BCUT2D eigenvalue weighted by molar-refractivity contribution is 7.09. The molecule has 2 aromatic rings. The van der Waals surface area contributed by atoms with Crippen LogP contribution in [0.15, 0.2) is 9.80 Å². The van der Waals surface area contributed by atoms with E-state index in [1.807, 2.05) is 12.3 Å². The van der Waals surface area contributed by atoms with Crippen molar-refractivity contribution in [1.29, 1.82) is 0 Å². The lowest BCUT2D eigenvalue weighted by Crippen LogP contribution is -2.39. The molecule has 0 atom stereocenters. The number of thiazole rings is 1.